The average molecular weight is 417 g/mol. The molecule has 0 unspecified atom stereocenters. The molecule has 2 aromatic carbocycles. The highest BCUT2D eigenvalue weighted by atomic mass is 19.1. The number of hydrogen-bond donors (Lipinski definition) is 1. The number of pyridine rings is 2. The van der Waals surface area contributed by atoms with Crippen molar-refractivity contribution in [2.24, 2.45) is 0 Å². The molecule has 0 aliphatic carbocycles. The van der Waals surface area contributed by atoms with Crippen LogP contribution in [0.5, 0.6) is 17.4 Å². The molecule has 4 aromatic rings. The van der Waals surface area contributed by atoms with E-state index in [9.17, 15) is 9.18 Å². The molecule has 1 N–H and O–H groups in total. The zero-order valence-electron chi connectivity index (χ0n) is 17.1. The van der Waals surface area contributed by atoms with Crippen molar-refractivity contribution in [1.29, 1.82) is 0 Å². The third-order valence-corrected chi connectivity index (χ3v) is 4.75. The molecular weight excluding hydrogens is 397 g/mol. The van der Waals surface area contributed by atoms with Gasteiger partial charge < -0.3 is 14.8 Å². The number of halogens is 1. The van der Waals surface area contributed by atoms with Crippen molar-refractivity contribution in [1.82, 2.24) is 15.3 Å². The first kappa shape index (κ1) is 20.3. The van der Waals surface area contributed by atoms with E-state index >= 15 is 0 Å². The molecule has 4 rings (SSSR count). The Morgan fingerprint density at radius 1 is 1.03 bits per heavy atom. The Balaban J connectivity index is 1.46. The molecule has 0 saturated carbocycles. The van der Waals surface area contributed by atoms with Gasteiger partial charge in [-0.15, -0.1) is 0 Å². The summed E-state index contributed by atoms with van der Waals surface area (Å²) >= 11 is 0. The lowest BCUT2D eigenvalue weighted by atomic mass is 10.1. The van der Waals surface area contributed by atoms with Gasteiger partial charge in [0.15, 0.2) is 0 Å². The highest BCUT2D eigenvalue weighted by Crippen LogP contribution is 2.22. The summed E-state index contributed by atoms with van der Waals surface area (Å²) in [6.07, 6.45) is 1.59. The Hall–Kier alpha value is -4.00. The van der Waals surface area contributed by atoms with Crippen LogP contribution in [0.1, 0.15) is 21.6 Å². The third kappa shape index (κ3) is 4.78. The van der Waals surface area contributed by atoms with Gasteiger partial charge >= 0.3 is 0 Å². The minimum Gasteiger partial charge on any atom is -0.497 e. The lowest BCUT2D eigenvalue weighted by molar-refractivity contribution is 0.0950. The number of fused-ring (bicyclic) bond motifs is 1. The van der Waals surface area contributed by atoms with Crippen LogP contribution in [0.25, 0.3) is 10.9 Å². The predicted octanol–water partition coefficient (Wildman–Crippen LogP) is 4.81. The Bertz CT molecular complexity index is 1240. The summed E-state index contributed by atoms with van der Waals surface area (Å²) in [4.78, 5) is 21.4. The summed E-state index contributed by atoms with van der Waals surface area (Å²) in [7, 11) is 1.60. The van der Waals surface area contributed by atoms with Crippen LogP contribution in [-0.4, -0.2) is 23.0 Å². The van der Waals surface area contributed by atoms with Gasteiger partial charge in [-0.3, -0.25) is 9.78 Å². The van der Waals surface area contributed by atoms with E-state index in [0.717, 1.165) is 16.5 Å². The second-order valence-corrected chi connectivity index (χ2v) is 6.92. The van der Waals surface area contributed by atoms with Crippen molar-refractivity contribution in [3.8, 4) is 17.4 Å². The molecule has 0 radical (unpaired) electrons. The Kier molecular flexibility index (Phi) is 5.75. The number of aromatic nitrogens is 2. The number of rotatable bonds is 6. The van der Waals surface area contributed by atoms with Crippen LogP contribution in [0.4, 0.5) is 4.39 Å². The molecule has 0 saturated heterocycles. The first-order valence-electron chi connectivity index (χ1n) is 9.64. The Morgan fingerprint density at radius 3 is 2.58 bits per heavy atom. The van der Waals surface area contributed by atoms with Crippen LogP contribution in [0.15, 0.2) is 66.9 Å². The topological polar surface area (TPSA) is 73.3 Å². The summed E-state index contributed by atoms with van der Waals surface area (Å²) in [5.41, 5.74) is 2.73. The van der Waals surface area contributed by atoms with Crippen LogP contribution in [0.3, 0.4) is 0 Å². The van der Waals surface area contributed by atoms with E-state index in [4.69, 9.17) is 9.47 Å². The van der Waals surface area contributed by atoms with Gasteiger partial charge in [0.2, 0.25) is 5.88 Å². The quantitative estimate of drug-likeness (QED) is 0.487. The zero-order chi connectivity index (χ0) is 21.8. The fourth-order valence-electron chi connectivity index (χ4n) is 3.12. The molecule has 0 aliphatic heterocycles. The van der Waals surface area contributed by atoms with Gasteiger partial charge in [0.25, 0.3) is 5.91 Å². The smallest absolute Gasteiger partial charge is 0.253 e. The SMILES string of the molecule is COc1ccc2cc(C(=O)NCc3ccnc(Oc4ccc(F)cc4)c3)c(C)nc2c1. The number of carbonyl (C=O) groups excluding carboxylic acids is 1. The fraction of sp³-hybridized carbons (Fsp3) is 0.125. The first-order chi connectivity index (χ1) is 15.0. The molecule has 0 atom stereocenters. The van der Waals surface area contributed by atoms with E-state index in [2.05, 4.69) is 15.3 Å². The fourth-order valence-corrected chi connectivity index (χ4v) is 3.12. The Labute approximate surface area is 178 Å². The molecular formula is C24H20FN3O3. The molecule has 0 aliphatic rings. The molecule has 0 fully saturated rings. The predicted molar refractivity (Wildman–Crippen MR) is 115 cm³/mol. The van der Waals surface area contributed by atoms with Crippen molar-refractivity contribution in [2.45, 2.75) is 13.5 Å². The molecule has 156 valence electrons. The number of nitrogens with zero attached hydrogens (tertiary/aromatic N) is 2. The standard InChI is InChI=1S/C24H20FN3O3/c1-15-21(12-17-3-6-20(30-2)13-22(17)28-15)24(29)27-14-16-9-10-26-23(11-16)31-19-7-4-18(25)5-8-19/h3-13H,14H2,1-2H3,(H,27,29). The lowest BCUT2D eigenvalue weighted by Gasteiger charge is -2.10. The maximum absolute atomic E-state index is 13.0. The van der Waals surface area contributed by atoms with Gasteiger partial charge in [0.05, 0.1) is 23.9 Å². The number of nitrogens with one attached hydrogen (secondary N) is 1. The summed E-state index contributed by atoms with van der Waals surface area (Å²) in [5, 5.41) is 3.76. The highest BCUT2D eigenvalue weighted by Gasteiger charge is 2.12. The third-order valence-electron chi connectivity index (χ3n) is 4.75. The highest BCUT2D eigenvalue weighted by molar-refractivity contribution is 5.98. The second-order valence-electron chi connectivity index (χ2n) is 6.92. The van der Waals surface area contributed by atoms with Gasteiger partial charge in [0, 0.05) is 30.3 Å². The van der Waals surface area contributed by atoms with E-state index in [0.29, 0.717) is 35.2 Å². The second kappa shape index (κ2) is 8.79. The van der Waals surface area contributed by atoms with Gasteiger partial charge in [-0.1, -0.05) is 0 Å². The van der Waals surface area contributed by atoms with E-state index in [1.165, 1.54) is 24.3 Å². The molecule has 7 heteroatoms. The van der Waals surface area contributed by atoms with E-state index in [1.54, 1.807) is 32.4 Å². The number of benzene rings is 2. The number of aryl methyl sites for hydroxylation is 1. The van der Waals surface area contributed by atoms with Crippen molar-refractivity contribution >= 4 is 16.8 Å². The molecule has 6 nitrogen and oxygen atoms in total. The normalized spacial score (nSPS) is 10.7. The first-order valence-corrected chi connectivity index (χ1v) is 9.64. The van der Waals surface area contributed by atoms with Crippen molar-refractivity contribution in [2.75, 3.05) is 7.11 Å². The molecule has 0 spiro atoms. The maximum Gasteiger partial charge on any atom is 0.253 e. The van der Waals surface area contributed by atoms with Crippen molar-refractivity contribution in [3.05, 3.63) is 89.5 Å². The number of methoxy groups -OCH3 is 1. The number of ether oxygens (including phenoxy) is 2. The minimum atomic E-state index is -0.339. The lowest BCUT2D eigenvalue weighted by Crippen LogP contribution is -2.24. The molecule has 0 bridgehead atoms. The van der Waals surface area contributed by atoms with Crippen LogP contribution in [-0.2, 0) is 6.54 Å². The Morgan fingerprint density at radius 2 is 1.81 bits per heavy atom. The van der Waals surface area contributed by atoms with E-state index < -0.39 is 0 Å². The summed E-state index contributed by atoms with van der Waals surface area (Å²) in [5.74, 6) is 0.989. The van der Waals surface area contributed by atoms with Gasteiger partial charge in [-0.2, -0.15) is 0 Å². The number of amides is 1. The van der Waals surface area contributed by atoms with Crippen molar-refractivity contribution < 1.29 is 18.7 Å². The van der Waals surface area contributed by atoms with E-state index in [1.807, 2.05) is 24.3 Å². The number of carbonyl (C=O) groups is 1. The van der Waals surface area contributed by atoms with Crippen LogP contribution >= 0.6 is 0 Å². The molecule has 31 heavy (non-hydrogen) atoms. The van der Waals surface area contributed by atoms with Crippen LogP contribution < -0.4 is 14.8 Å². The zero-order valence-corrected chi connectivity index (χ0v) is 17.1. The van der Waals surface area contributed by atoms with Gasteiger partial charge in [0.1, 0.15) is 17.3 Å². The molecule has 1 amide bonds. The summed E-state index contributed by atoms with van der Waals surface area (Å²) < 4.78 is 23.9. The minimum absolute atomic E-state index is 0.222. The van der Waals surface area contributed by atoms with E-state index in [-0.39, 0.29) is 11.7 Å². The summed E-state index contributed by atoms with van der Waals surface area (Å²) in [6.45, 7) is 2.09. The molecule has 2 aromatic heterocycles. The van der Waals surface area contributed by atoms with Gasteiger partial charge in [-0.25, -0.2) is 9.37 Å². The number of hydrogen-bond acceptors (Lipinski definition) is 5. The molecule has 2 heterocycles. The van der Waals surface area contributed by atoms with Gasteiger partial charge in [-0.05, 0) is 61.0 Å². The largest absolute Gasteiger partial charge is 0.497 e. The maximum atomic E-state index is 13.0. The average Bonchev–Trinajstić information content (AvgIpc) is 2.78. The van der Waals surface area contributed by atoms with Crippen LogP contribution in [0, 0.1) is 12.7 Å². The van der Waals surface area contributed by atoms with Crippen LogP contribution in [0.2, 0.25) is 0 Å². The van der Waals surface area contributed by atoms with Crippen molar-refractivity contribution in [3.63, 3.8) is 0 Å². The summed E-state index contributed by atoms with van der Waals surface area (Å²) in [6, 6.07) is 16.6. The monoisotopic (exact) mass is 417 g/mol.